The lowest BCUT2D eigenvalue weighted by Crippen LogP contribution is -2.39. The summed E-state index contributed by atoms with van der Waals surface area (Å²) in [5, 5.41) is 9.55. The number of fused-ring (bicyclic) bond motifs is 3. The minimum Gasteiger partial charge on any atom is -0.393 e. The van der Waals surface area contributed by atoms with Crippen molar-refractivity contribution >= 4 is 0 Å². The van der Waals surface area contributed by atoms with Crippen LogP contribution in [-0.2, 0) is 9.47 Å². The first-order valence-corrected chi connectivity index (χ1v) is 4.76. The Morgan fingerprint density at radius 2 is 1.92 bits per heavy atom. The number of rotatable bonds is 0. The Hall–Kier alpha value is -0.120. The Morgan fingerprint density at radius 1 is 1.17 bits per heavy atom. The summed E-state index contributed by atoms with van der Waals surface area (Å²) in [4.78, 5) is 0. The average Bonchev–Trinajstić information content (AvgIpc) is 2.68. The van der Waals surface area contributed by atoms with Crippen molar-refractivity contribution in [1.82, 2.24) is 0 Å². The Kier molecular flexibility index (Phi) is 1.35. The molecule has 2 aliphatic carbocycles. The highest BCUT2D eigenvalue weighted by molar-refractivity contribution is 5.02. The summed E-state index contributed by atoms with van der Waals surface area (Å²) in [5.74, 6) is 0.622. The molecule has 2 bridgehead atoms. The first-order valence-electron chi connectivity index (χ1n) is 4.76. The molecule has 12 heavy (non-hydrogen) atoms. The highest BCUT2D eigenvalue weighted by atomic mass is 16.7. The third-order valence-corrected chi connectivity index (χ3v) is 3.60. The molecule has 2 saturated carbocycles. The Balaban J connectivity index is 1.85. The van der Waals surface area contributed by atoms with E-state index < -0.39 is 0 Å². The first-order chi connectivity index (χ1) is 5.80. The first kappa shape index (κ1) is 7.30. The fourth-order valence-corrected chi connectivity index (χ4v) is 3.04. The largest absolute Gasteiger partial charge is 0.393 e. The second kappa shape index (κ2) is 2.22. The van der Waals surface area contributed by atoms with E-state index in [0.717, 1.165) is 32.5 Å². The van der Waals surface area contributed by atoms with Crippen LogP contribution < -0.4 is 0 Å². The topological polar surface area (TPSA) is 38.7 Å². The predicted molar refractivity (Wildman–Crippen MR) is 41.5 cm³/mol. The van der Waals surface area contributed by atoms with Crippen molar-refractivity contribution in [2.45, 2.75) is 31.2 Å². The molecule has 1 N–H and O–H groups in total. The smallest absolute Gasteiger partial charge is 0.171 e. The van der Waals surface area contributed by atoms with Crippen LogP contribution in [0.15, 0.2) is 0 Å². The predicted octanol–water partition coefficient (Wildman–Crippen LogP) is 0.520. The summed E-state index contributed by atoms with van der Waals surface area (Å²) in [6.07, 6.45) is 2.80. The third kappa shape index (κ3) is 0.767. The van der Waals surface area contributed by atoms with Gasteiger partial charge in [-0.2, -0.15) is 0 Å². The van der Waals surface area contributed by atoms with Crippen LogP contribution in [0, 0.1) is 11.8 Å². The molecule has 3 aliphatic rings. The number of ether oxygens (including phenoxy) is 2. The maximum atomic E-state index is 9.55. The van der Waals surface area contributed by atoms with Crippen molar-refractivity contribution < 1.29 is 14.6 Å². The maximum absolute atomic E-state index is 9.55. The molecule has 0 amide bonds. The fourth-order valence-electron chi connectivity index (χ4n) is 3.04. The summed E-state index contributed by atoms with van der Waals surface area (Å²) in [5.41, 5.74) is 0. The van der Waals surface area contributed by atoms with E-state index in [9.17, 15) is 5.11 Å². The molecular weight excluding hydrogens is 156 g/mol. The van der Waals surface area contributed by atoms with E-state index in [4.69, 9.17) is 9.47 Å². The summed E-state index contributed by atoms with van der Waals surface area (Å²) in [7, 11) is 0. The molecule has 0 aromatic rings. The molecule has 3 unspecified atom stereocenters. The molecular formula is C9H14O3. The zero-order valence-electron chi connectivity index (χ0n) is 7.03. The van der Waals surface area contributed by atoms with E-state index in [1.54, 1.807) is 0 Å². The summed E-state index contributed by atoms with van der Waals surface area (Å²) < 4.78 is 11.3. The molecule has 0 aromatic heterocycles. The fraction of sp³-hybridized carbons (Fsp3) is 1.00. The van der Waals surface area contributed by atoms with Crippen LogP contribution in [0.25, 0.3) is 0 Å². The van der Waals surface area contributed by atoms with Crippen LogP contribution in [-0.4, -0.2) is 30.2 Å². The van der Waals surface area contributed by atoms with Crippen LogP contribution >= 0.6 is 0 Å². The molecule has 1 aliphatic heterocycles. The van der Waals surface area contributed by atoms with Gasteiger partial charge < -0.3 is 14.6 Å². The zero-order chi connectivity index (χ0) is 8.18. The van der Waals surface area contributed by atoms with Gasteiger partial charge in [0.25, 0.3) is 0 Å². The molecule has 3 fully saturated rings. The molecule has 3 rings (SSSR count). The normalized spacial score (nSPS) is 49.2. The van der Waals surface area contributed by atoms with Gasteiger partial charge in [0.15, 0.2) is 5.79 Å². The highest BCUT2D eigenvalue weighted by Crippen LogP contribution is 2.54. The monoisotopic (exact) mass is 170 g/mol. The highest BCUT2D eigenvalue weighted by Gasteiger charge is 2.58. The van der Waals surface area contributed by atoms with Crippen molar-refractivity contribution in [3.63, 3.8) is 0 Å². The average molecular weight is 170 g/mol. The van der Waals surface area contributed by atoms with Crippen molar-refractivity contribution in [1.29, 1.82) is 0 Å². The SMILES string of the molecule is OC1CC2CC1CC21OCCO1. The molecule has 3 atom stereocenters. The molecule has 3 heteroatoms. The second-order valence-electron chi connectivity index (χ2n) is 4.21. The quantitative estimate of drug-likeness (QED) is 0.576. The number of hydrogen-bond acceptors (Lipinski definition) is 3. The van der Waals surface area contributed by atoms with Gasteiger partial charge in [-0.3, -0.25) is 0 Å². The van der Waals surface area contributed by atoms with Crippen molar-refractivity contribution in [2.75, 3.05) is 13.2 Å². The summed E-state index contributed by atoms with van der Waals surface area (Å²) >= 11 is 0. The molecule has 0 radical (unpaired) electrons. The van der Waals surface area contributed by atoms with Gasteiger partial charge in [0, 0.05) is 12.3 Å². The van der Waals surface area contributed by atoms with E-state index in [2.05, 4.69) is 0 Å². The van der Waals surface area contributed by atoms with Crippen LogP contribution in [0.5, 0.6) is 0 Å². The standard InChI is InChI=1S/C9H14O3/c10-8-4-7-3-6(8)5-9(7)11-1-2-12-9/h6-8,10H,1-5H2. The van der Waals surface area contributed by atoms with Gasteiger partial charge in [0.1, 0.15) is 0 Å². The van der Waals surface area contributed by atoms with Gasteiger partial charge in [0.05, 0.1) is 19.3 Å². The maximum Gasteiger partial charge on any atom is 0.171 e. The van der Waals surface area contributed by atoms with Gasteiger partial charge in [-0.15, -0.1) is 0 Å². The third-order valence-electron chi connectivity index (χ3n) is 3.60. The van der Waals surface area contributed by atoms with Crippen LogP contribution in [0.3, 0.4) is 0 Å². The van der Waals surface area contributed by atoms with E-state index in [1.807, 2.05) is 0 Å². The van der Waals surface area contributed by atoms with Gasteiger partial charge in [-0.25, -0.2) is 0 Å². The molecule has 1 saturated heterocycles. The van der Waals surface area contributed by atoms with E-state index in [-0.39, 0.29) is 11.9 Å². The molecule has 1 heterocycles. The Labute approximate surface area is 71.7 Å². The molecule has 68 valence electrons. The number of aliphatic hydroxyl groups excluding tert-OH is 1. The molecule has 1 spiro atoms. The van der Waals surface area contributed by atoms with Gasteiger partial charge in [0.2, 0.25) is 0 Å². The van der Waals surface area contributed by atoms with Crippen LogP contribution in [0.2, 0.25) is 0 Å². The molecule has 3 nitrogen and oxygen atoms in total. The summed E-state index contributed by atoms with van der Waals surface area (Å²) in [6, 6.07) is 0. The minimum absolute atomic E-state index is 0.0894. The number of hydrogen-bond donors (Lipinski definition) is 1. The van der Waals surface area contributed by atoms with E-state index >= 15 is 0 Å². The Bertz CT molecular complexity index is 196. The lowest BCUT2D eigenvalue weighted by molar-refractivity contribution is -0.199. The van der Waals surface area contributed by atoms with E-state index in [1.165, 1.54) is 0 Å². The minimum atomic E-state index is -0.274. The van der Waals surface area contributed by atoms with Crippen molar-refractivity contribution in [3.05, 3.63) is 0 Å². The Morgan fingerprint density at radius 3 is 2.42 bits per heavy atom. The zero-order valence-corrected chi connectivity index (χ0v) is 7.03. The molecule has 0 aromatic carbocycles. The second-order valence-corrected chi connectivity index (χ2v) is 4.21. The van der Waals surface area contributed by atoms with Gasteiger partial charge in [-0.05, 0) is 18.8 Å². The lowest BCUT2D eigenvalue weighted by Gasteiger charge is -2.33. The van der Waals surface area contributed by atoms with Crippen LogP contribution in [0.1, 0.15) is 19.3 Å². The van der Waals surface area contributed by atoms with Gasteiger partial charge >= 0.3 is 0 Å². The lowest BCUT2D eigenvalue weighted by atomic mass is 9.92. The summed E-state index contributed by atoms with van der Waals surface area (Å²) in [6.45, 7) is 1.47. The van der Waals surface area contributed by atoms with Crippen molar-refractivity contribution in [2.24, 2.45) is 11.8 Å². The van der Waals surface area contributed by atoms with Crippen molar-refractivity contribution in [3.8, 4) is 0 Å². The van der Waals surface area contributed by atoms with Gasteiger partial charge in [-0.1, -0.05) is 0 Å². The van der Waals surface area contributed by atoms with Crippen LogP contribution in [0.4, 0.5) is 0 Å². The number of aliphatic hydroxyl groups is 1. The van der Waals surface area contributed by atoms with E-state index in [0.29, 0.717) is 11.8 Å².